The number of nitrogens with zero attached hydrogens (tertiary/aromatic N) is 4. The average molecular weight is 544 g/mol. The van der Waals surface area contributed by atoms with E-state index in [4.69, 9.17) is 4.74 Å². The number of ether oxygens (including phenoxy) is 1. The fraction of sp³-hybridized carbons (Fsp3) is 0.160. The molecule has 9 nitrogen and oxygen atoms in total. The molecule has 0 atom stereocenters. The number of anilines is 1. The number of benzene rings is 2. The molecule has 1 aliphatic heterocycles. The van der Waals surface area contributed by atoms with Gasteiger partial charge < -0.3 is 4.74 Å². The summed E-state index contributed by atoms with van der Waals surface area (Å²) in [5.41, 5.74) is 0.434. The Hall–Kier alpha value is -4.23. The molecule has 0 bridgehead atoms. The SMILES string of the molecule is COc1cc(-c2cc(F)cc(F)c2)c(F)cc1-n1c2c(ccc1=O)CN(S(=O)(=O)Nc1cccnn1)CC2. The molecule has 1 N–H and O–H groups in total. The fourth-order valence-corrected chi connectivity index (χ4v) is 5.51. The molecule has 1 aliphatic rings. The number of hydrogen-bond acceptors (Lipinski definition) is 6. The van der Waals surface area contributed by atoms with E-state index in [1.54, 1.807) is 0 Å². The zero-order valence-electron chi connectivity index (χ0n) is 19.9. The number of fused-ring (bicyclic) bond motifs is 1. The Morgan fingerprint density at radius 2 is 1.79 bits per heavy atom. The van der Waals surface area contributed by atoms with Crippen LogP contribution in [0.5, 0.6) is 5.75 Å². The molecular weight excluding hydrogens is 523 g/mol. The number of nitrogens with one attached hydrogen (secondary N) is 1. The van der Waals surface area contributed by atoms with Crippen LogP contribution >= 0.6 is 0 Å². The lowest BCUT2D eigenvalue weighted by atomic mass is 10.0. The lowest BCUT2D eigenvalue weighted by Gasteiger charge is -2.30. The van der Waals surface area contributed by atoms with Crippen molar-refractivity contribution in [2.45, 2.75) is 13.0 Å². The Bertz CT molecular complexity index is 1680. The summed E-state index contributed by atoms with van der Waals surface area (Å²) in [5.74, 6) is -2.43. The van der Waals surface area contributed by atoms with E-state index < -0.39 is 33.2 Å². The predicted octanol–water partition coefficient (Wildman–Crippen LogP) is 3.44. The Kier molecular flexibility index (Phi) is 6.63. The van der Waals surface area contributed by atoms with E-state index in [0.717, 1.165) is 18.2 Å². The fourth-order valence-electron chi connectivity index (χ4n) is 4.37. The highest BCUT2D eigenvalue weighted by Gasteiger charge is 2.30. The summed E-state index contributed by atoms with van der Waals surface area (Å²) in [6.07, 6.45) is 1.54. The standard InChI is InChI=1S/C25H20F3N5O4S/c1-37-23-12-19(16-9-17(26)11-18(27)10-16)20(28)13-22(23)33-21-6-8-32(14-15(21)4-5-25(33)34)38(35,36)31-24-3-2-7-29-30-24/h2-5,7,9-13H,6,8,14H2,1H3,(H,30,31). The van der Waals surface area contributed by atoms with Gasteiger partial charge in [0.05, 0.1) is 12.8 Å². The van der Waals surface area contributed by atoms with Crippen LogP contribution in [0, 0.1) is 17.5 Å². The smallest absolute Gasteiger partial charge is 0.303 e. The van der Waals surface area contributed by atoms with Crippen molar-refractivity contribution >= 4 is 16.0 Å². The van der Waals surface area contributed by atoms with Gasteiger partial charge in [-0.05, 0) is 41.5 Å². The molecule has 2 aromatic heterocycles. The van der Waals surface area contributed by atoms with Crippen molar-refractivity contribution in [3.05, 3.63) is 99.9 Å². The second-order valence-corrected chi connectivity index (χ2v) is 10.1. The molecule has 0 radical (unpaired) electrons. The van der Waals surface area contributed by atoms with Crippen molar-refractivity contribution in [1.29, 1.82) is 0 Å². The molecule has 2 aromatic carbocycles. The minimum absolute atomic E-state index is 0.0253. The first-order valence-electron chi connectivity index (χ1n) is 11.3. The third-order valence-electron chi connectivity index (χ3n) is 6.06. The topological polar surface area (TPSA) is 106 Å². The minimum Gasteiger partial charge on any atom is -0.495 e. The minimum atomic E-state index is -3.98. The molecule has 0 saturated heterocycles. The molecule has 0 unspecified atom stereocenters. The summed E-state index contributed by atoms with van der Waals surface area (Å²) in [4.78, 5) is 13.0. The highest BCUT2D eigenvalue weighted by molar-refractivity contribution is 7.90. The number of aromatic nitrogens is 3. The number of halogens is 3. The second-order valence-electron chi connectivity index (χ2n) is 8.44. The lowest BCUT2D eigenvalue weighted by molar-refractivity contribution is 0.385. The van der Waals surface area contributed by atoms with Crippen LogP contribution in [0.25, 0.3) is 16.8 Å². The van der Waals surface area contributed by atoms with E-state index in [-0.39, 0.29) is 47.9 Å². The van der Waals surface area contributed by atoms with Gasteiger partial charge in [-0.1, -0.05) is 6.07 Å². The van der Waals surface area contributed by atoms with Gasteiger partial charge in [-0.2, -0.15) is 17.8 Å². The molecule has 5 rings (SSSR count). The average Bonchev–Trinajstić information content (AvgIpc) is 2.88. The number of pyridine rings is 1. The maximum absolute atomic E-state index is 15.3. The largest absolute Gasteiger partial charge is 0.495 e. The molecule has 0 spiro atoms. The van der Waals surface area contributed by atoms with Crippen molar-refractivity contribution in [2.24, 2.45) is 0 Å². The van der Waals surface area contributed by atoms with Gasteiger partial charge in [-0.3, -0.25) is 14.1 Å². The third kappa shape index (κ3) is 4.85. The van der Waals surface area contributed by atoms with E-state index in [2.05, 4.69) is 14.9 Å². The molecule has 4 aromatic rings. The van der Waals surface area contributed by atoms with E-state index in [9.17, 15) is 22.0 Å². The summed E-state index contributed by atoms with van der Waals surface area (Å²) >= 11 is 0. The van der Waals surface area contributed by atoms with Gasteiger partial charge in [0.15, 0.2) is 5.82 Å². The van der Waals surface area contributed by atoms with Gasteiger partial charge in [0.1, 0.15) is 23.2 Å². The normalized spacial score (nSPS) is 13.7. The number of rotatable bonds is 6. The van der Waals surface area contributed by atoms with Gasteiger partial charge in [0, 0.05) is 55.2 Å². The van der Waals surface area contributed by atoms with Crippen molar-refractivity contribution in [2.75, 3.05) is 18.4 Å². The molecule has 3 heterocycles. The summed E-state index contributed by atoms with van der Waals surface area (Å²) < 4.78 is 78.8. The zero-order valence-corrected chi connectivity index (χ0v) is 20.7. The van der Waals surface area contributed by atoms with Crippen molar-refractivity contribution in [1.82, 2.24) is 19.1 Å². The predicted molar refractivity (Wildman–Crippen MR) is 133 cm³/mol. The first kappa shape index (κ1) is 25.4. The van der Waals surface area contributed by atoms with E-state index in [1.807, 2.05) is 0 Å². The van der Waals surface area contributed by atoms with Gasteiger partial charge in [-0.15, -0.1) is 5.10 Å². The van der Waals surface area contributed by atoms with Crippen LogP contribution in [0.1, 0.15) is 11.3 Å². The second kappa shape index (κ2) is 9.91. The molecule has 0 amide bonds. The number of hydrogen-bond donors (Lipinski definition) is 1. The molecule has 0 fully saturated rings. The molecule has 0 saturated carbocycles. The number of methoxy groups -OCH3 is 1. The summed E-state index contributed by atoms with van der Waals surface area (Å²) in [7, 11) is -2.66. The maximum atomic E-state index is 15.3. The van der Waals surface area contributed by atoms with Crippen LogP contribution in [-0.2, 0) is 23.2 Å². The van der Waals surface area contributed by atoms with Gasteiger partial charge >= 0.3 is 10.2 Å². The van der Waals surface area contributed by atoms with E-state index in [1.165, 1.54) is 52.5 Å². The Labute approximate surface area is 215 Å². The third-order valence-corrected chi connectivity index (χ3v) is 7.52. The molecule has 0 aliphatic carbocycles. The molecular formula is C25H20F3N5O4S. The Morgan fingerprint density at radius 3 is 2.47 bits per heavy atom. The van der Waals surface area contributed by atoms with Crippen molar-refractivity contribution in [3.63, 3.8) is 0 Å². The van der Waals surface area contributed by atoms with Crippen molar-refractivity contribution in [3.8, 4) is 22.6 Å². The summed E-state index contributed by atoms with van der Waals surface area (Å²) in [6, 6.07) is 10.7. The van der Waals surface area contributed by atoms with Crippen LogP contribution in [0.2, 0.25) is 0 Å². The summed E-state index contributed by atoms with van der Waals surface area (Å²) in [5, 5.41) is 7.38. The Balaban J connectivity index is 1.54. The highest BCUT2D eigenvalue weighted by atomic mass is 32.2. The molecule has 196 valence electrons. The first-order chi connectivity index (χ1) is 18.2. The van der Waals surface area contributed by atoms with Crippen LogP contribution in [-0.4, -0.2) is 41.1 Å². The first-order valence-corrected chi connectivity index (χ1v) is 12.7. The highest BCUT2D eigenvalue weighted by Crippen LogP contribution is 2.34. The summed E-state index contributed by atoms with van der Waals surface area (Å²) in [6.45, 7) is -0.0336. The van der Waals surface area contributed by atoms with E-state index >= 15 is 4.39 Å². The molecule has 38 heavy (non-hydrogen) atoms. The van der Waals surface area contributed by atoms with Gasteiger partial charge in [0.2, 0.25) is 0 Å². The zero-order chi connectivity index (χ0) is 27.0. The van der Waals surface area contributed by atoms with Crippen LogP contribution in [0.4, 0.5) is 19.0 Å². The van der Waals surface area contributed by atoms with Crippen LogP contribution in [0.15, 0.2) is 65.6 Å². The Morgan fingerprint density at radius 1 is 1.03 bits per heavy atom. The lowest BCUT2D eigenvalue weighted by Crippen LogP contribution is -2.41. The van der Waals surface area contributed by atoms with Gasteiger partial charge in [0.25, 0.3) is 5.56 Å². The van der Waals surface area contributed by atoms with Gasteiger partial charge in [-0.25, -0.2) is 13.2 Å². The maximum Gasteiger partial charge on any atom is 0.303 e. The van der Waals surface area contributed by atoms with Crippen LogP contribution < -0.4 is 15.0 Å². The quantitative estimate of drug-likeness (QED) is 0.400. The monoisotopic (exact) mass is 543 g/mol. The van der Waals surface area contributed by atoms with Crippen LogP contribution in [0.3, 0.4) is 0 Å². The van der Waals surface area contributed by atoms with E-state index in [0.29, 0.717) is 17.3 Å². The van der Waals surface area contributed by atoms with Crippen molar-refractivity contribution < 1.29 is 26.3 Å². The molecule has 13 heteroatoms.